The SMILES string of the molecule is Cc1cc(C)n(CCC(=O)OCC(=O)N(C)C(C)C)n1. The van der Waals surface area contributed by atoms with Crippen molar-refractivity contribution < 1.29 is 14.3 Å². The van der Waals surface area contributed by atoms with Crippen LogP contribution in [-0.4, -0.2) is 46.3 Å². The minimum atomic E-state index is -0.386. The fourth-order valence-electron chi connectivity index (χ4n) is 1.70. The van der Waals surface area contributed by atoms with Crippen molar-refractivity contribution in [3.8, 4) is 0 Å². The molecule has 0 spiro atoms. The average Bonchev–Trinajstić information content (AvgIpc) is 2.70. The number of esters is 1. The fourth-order valence-corrected chi connectivity index (χ4v) is 1.70. The summed E-state index contributed by atoms with van der Waals surface area (Å²) in [7, 11) is 1.69. The molecule has 6 heteroatoms. The molecule has 0 N–H and O–H groups in total. The van der Waals surface area contributed by atoms with Crippen molar-refractivity contribution in [3.05, 3.63) is 17.5 Å². The number of aryl methyl sites for hydroxylation is 3. The first-order chi connectivity index (χ1) is 9.31. The summed E-state index contributed by atoms with van der Waals surface area (Å²) in [6, 6.07) is 2.04. The highest BCUT2D eigenvalue weighted by Gasteiger charge is 2.14. The summed E-state index contributed by atoms with van der Waals surface area (Å²) in [5.74, 6) is -0.581. The van der Waals surface area contributed by atoms with Crippen LogP contribution in [0.5, 0.6) is 0 Å². The van der Waals surface area contributed by atoms with E-state index in [1.165, 1.54) is 0 Å². The van der Waals surface area contributed by atoms with Crippen LogP contribution in [0.25, 0.3) is 0 Å². The zero-order valence-corrected chi connectivity index (χ0v) is 12.8. The van der Waals surface area contributed by atoms with Gasteiger partial charge in [-0.25, -0.2) is 0 Å². The third kappa shape index (κ3) is 4.68. The van der Waals surface area contributed by atoms with Crippen molar-refractivity contribution in [1.29, 1.82) is 0 Å². The van der Waals surface area contributed by atoms with Crippen LogP contribution < -0.4 is 0 Å². The van der Waals surface area contributed by atoms with Crippen LogP contribution in [0.15, 0.2) is 6.07 Å². The number of aromatic nitrogens is 2. The first-order valence-electron chi connectivity index (χ1n) is 6.73. The van der Waals surface area contributed by atoms with Gasteiger partial charge >= 0.3 is 5.97 Å². The number of rotatable bonds is 6. The van der Waals surface area contributed by atoms with Crippen LogP contribution in [0, 0.1) is 13.8 Å². The molecule has 0 aromatic carbocycles. The Kier molecular flexibility index (Phi) is 5.73. The van der Waals surface area contributed by atoms with Crippen molar-refractivity contribution in [2.24, 2.45) is 0 Å². The molecular formula is C14H23N3O3. The van der Waals surface area contributed by atoms with E-state index in [1.54, 1.807) is 16.6 Å². The Balaban J connectivity index is 2.34. The minimum absolute atomic E-state index is 0.0934. The Hall–Kier alpha value is -1.85. The van der Waals surface area contributed by atoms with Gasteiger partial charge in [0.1, 0.15) is 0 Å². The number of likely N-dealkylation sites (N-methyl/N-ethyl adjacent to an activating group) is 1. The molecule has 112 valence electrons. The van der Waals surface area contributed by atoms with Crippen molar-refractivity contribution in [1.82, 2.24) is 14.7 Å². The summed E-state index contributed by atoms with van der Waals surface area (Å²) in [5.41, 5.74) is 1.93. The van der Waals surface area contributed by atoms with E-state index < -0.39 is 0 Å². The standard InChI is InChI=1S/C14H23N3O3/c1-10(2)16(5)13(18)9-20-14(19)6-7-17-12(4)8-11(3)15-17/h8,10H,6-7,9H2,1-5H3. The molecule has 0 unspecified atom stereocenters. The molecule has 1 aromatic heterocycles. The van der Waals surface area contributed by atoms with E-state index in [-0.39, 0.29) is 30.9 Å². The molecule has 0 saturated heterocycles. The van der Waals surface area contributed by atoms with E-state index in [2.05, 4.69) is 5.10 Å². The molecule has 20 heavy (non-hydrogen) atoms. The minimum Gasteiger partial charge on any atom is -0.456 e. The molecule has 0 aliphatic rings. The molecular weight excluding hydrogens is 258 g/mol. The molecule has 1 heterocycles. The number of ether oxygens (including phenoxy) is 1. The van der Waals surface area contributed by atoms with Crippen LogP contribution in [0.1, 0.15) is 31.7 Å². The average molecular weight is 281 g/mol. The molecule has 1 aromatic rings. The zero-order valence-electron chi connectivity index (χ0n) is 12.8. The van der Waals surface area contributed by atoms with Gasteiger partial charge in [0.2, 0.25) is 0 Å². The third-order valence-electron chi connectivity index (χ3n) is 3.16. The van der Waals surface area contributed by atoms with Gasteiger partial charge in [-0.2, -0.15) is 5.10 Å². The second kappa shape index (κ2) is 7.07. The number of hydrogen-bond donors (Lipinski definition) is 0. The lowest BCUT2D eigenvalue weighted by Gasteiger charge is -2.21. The van der Waals surface area contributed by atoms with E-state index in [0.29, 0.717) is 6.54 Å². The number of hydrogen-bond acceptors (Lipinski definition) is 4. The van der Waals surface area contributed by atoms with Crippen LogP contribution in [0.3, 0.4) is 0 Å². The quantitative estimate of drug-likeness (QED) is 0.737. The highest BCUT2D eigenvalue weighted by Crippen LogP contribution is 2.03. The van der Waals surface area contributed by atoms with Crippen LogP contribution >= 0.6 is 0 Å². The fraction of sp³-hybridized carbons (Fsp3) is 0.643. The van der Waals surface area contributed by atoms with Gasteiger partial charge in [-0.1, -0.05) is 0 Å². The summed E-state index contributed by atoms with van der Waals surface area (Å²) in [6.07, 6.45) is 0.209. The first kappa shape index (κ1) is 16.2. The highest BCUT2D eigenvalue weighted by molar-refractivity contribution is 5.80. The maximum absolute atomic E-state index is 11.7. The molecule has 0 saturated carbocycles. The smallest absolute Gasteiger partial charge is 0.308 e. The topological polar surface area (TPSA) is 64.4 Å². The predicted molar refractivity (Wildman–Crippen MR) is 75.2 cm³/mol. The van der Waals surface area contributed by atoms with Gasteiger partial charge in [-0.05, 0) is 33.8 Å². The largest absolute Gasteiger partial charge is 0.456 e. The van der Waals surface area contributed by atoms with Crippen molar-refractivity contribution in [3.63, 3.8) is 0 Å². The van der Waals surface area contributed by atoms with E-state index in [4.69, 9.17) is 4.74 Å². The van der Waals surface area contributed by atoms with Crippen LogP contribution in [0.2, 0.25) is 0 Å². The number of amides is 1. The maximum Gasteiger partial charge on any atom is 0.308 e. The summed E-state index contributed by atoms with van der Waals surface area (Å²) in [5, 5.41) is 4.26. The number of carbonyl (C=O) groups is 2. The molecule has 0 aliphatic heterocycles. The van der Waals surface area contributed by atoms with Gasteiger partial charge in [0.05, 0.1) is 18.7 Å². The van der Waals surface area contributed by atoms with E-state index in [1.807, 2.05) is 33.8 Å². The lowest BCUT2D eigenvalue weighted by Crippen LogP contribution is -2.36. The second-order valence-corrected chi connectivity index (χ2v) is 5.16. The molecule has 1 amide bonds. The van der Waals surface area contributed by atoms with Gasteiger partial charge in [-0.3, -0.25) is 14.3 Å². The number of nitrogens with zero attached hydrogens (tertiary/aromatic N) is 3. The Labute approximate surface area is 119 Å². The maximum atomic E-state index is 11.7. The first-order valence-corrected chi connectivity index (χ1v) is 6.73. The van der Waals surface area contributed by atoms with E-state index >= 15 is 0 Å². The van der Waals surface area contributed by atoms with E-state index in [0.717, 1.165) is 11.4 Å². The van der Waals surface area contributed by atoms with Crippen LogP contribution in [0.4, 0.5) is 0 Å². The van der Waals surface area contributed by atoms with Crippen LogP contribution in [-0.2, 0) is 20.9 Å². The zero-order chi connectivity index (χ0) is 15.3. The molecule has 0 bridgehead atoms. The van der Waals surface area contributed by atoms with Gasteiger partial charge in [0, 0.05) is 18.8 Å². The predicted octanol–water partition coefficient (Wildman–Crippen LogP) is 1.30. The summed E-state index contributed by atoms with van der Waals surface area (Å²) < 4.78 is 6.73. The van der Waals surface area contributed by atoms with Gasteiger partial charge in [0.15, 0.2) is 6.61 Å². The Bertz CT molecular complexity index is 480. The van der Waals surface area contributed by atoms with Crippen molar-refractivity contribution >= 4 is 11.9 Å². The Morgan fingerprint density at radius 2 is 2.05 bits per heavy atom. The monoisotopic (exact) mass is 281 g/mol. The Morgan fingerprint density at radius 1 is 1.40 bits per heavy atom. The molecule has 0 radical (unpaired) electrons. The normalized spacial score (nSPS) is 10.7. The van der Waals surface area contributed by atoms with Crippen molar-refractivity contribution in [2.75, 3.05) is 13.7 Å². The number of carbonyl (C=O) groups excluding carboxylic acids is 2. The molecule has 0 atom stereocenters. The summed E-state index contributed by atoms with van der Waals surface area (Å²) >= 11 is 0. The lowest BCUT2D eigenvalue weighted by molar-refractivity contribution is -0.152. The third-order valence-corrected chi connectivity index (χ3v) is 3.16. The molecule has 6 nitrogen and oxygen atoms in total. The highest BCUT2D eigenvalue weighted by atomic mass is 16.5. The Morgan fingerprint density at radius 3 is 2.55 bits per heavy atom. The van der Waals surface area contributed by atoms with Gasteiger partial charge < -0.3 is 9.64 Å². The molecule has 1 rings (SSSR count). The van der Waals surface area contributed by atoms with E-state index in [9.17, 15) is 9.59 Å². The molecule has 0 fully saturated rings. The summed E-state index contributed by atoms with van der Waals surface area (Å²) in [4.78, 5) is 24.8. The summed E-state index contributed by atoms with van der Waals surface area (Å²) in [6.45, 7) is 7.91. The molecule has 0 aliphatic carbocycles. The van der Waals surface area contributed by atoms with Gasteiger partial charge in [-0.15, -0.1) is 0 Å². The van der Waals surface area contributed by atoms with Crippen molar-refractivity contribution in [2.45, 2.75) is 46.7 Å². The lowest BCUT2D eigenvalue weighted by atomic mass is 10.3. The second-order valence-electron chi connectivity index (χ2n) is 5.16. The van der Waals surface area contributed by atoms with Gasteiger partial charge in [0.25, 0.3) is 5.91 Å².